The molecule has 0 saturated carbocycles. The third-order valence-electron chi connectivity index (χ3n) is 10.0. The van der Waals surface area contributed by atoms with E-state index in [1.165, 1.54) is 84.7 Å². The van der Waals surface area contributed by atoms with Crippen molar-refractivity contribution in [2.24, 2.45) is 0 Å². The molecule has 0 aromatic carbocycles. The third-order valence-corrected chi connectivity index (χ3v) is 21.6. The van der Waals surface area contributed by atoms with Gasteiger partial charge in [-0.1, -0.05) is 24.3 Å². The predicted molar refractivity (Wildman–Crippen MR) is 287 cm³/mol. The van der Waals surface area contributed by atoms with Crippen molar-refractivity contribution < 1.29 is 61.5 Å². The van der Waals surface area contributed by atoms with E-state index in [2.05, 4.69) is 107 Å². The van der Waals surface area contributed by atoms with Crippen LogP contribution >= 0.6 is 154 Å². The predicted octanol–water partition coefficient (Wildman–Crippen LogP) is 23.4. The SMILES string of the molecule is Brc1cccs1.Cc1sc(-c2cccs2)cc1Br.Cc1sc(-c2cccs2)cc1C1=C(c2cc(-c3cccs3)sc2C)C(F)(F)C(F)(F)C1(F)F.Cc1sc(Br)cc1Br.FC1=C(F)C(F)(F)C(F)(F)C1(F)F. The fraction of sp³-hybridized carbons (Fsp3) is 0.217. The minimum Gasteiger partial charge on any atom is -0.202 e. The van der Waals surface area contributed by atoms with Crippen LogP contribution in [0.1, 0.15) is 30.6 Å². The highest BCUT2D eigenvalue weighted by Gasteiger charge is 2.82. The number of alkyl halides is 12. The van der Waals surface area contributed by atoms with Gasteiger partial charge in [0.15, 0.2) is 0 Å². The van der Waals surface area contributed by atoms with Gasteiger partial charge in [0.2, 0.25) is 11.7 Å². The fourth-order valence-corrected chi connectivity index (χ4v) is 15.9. The van der Waals surface area contributed by atoms with E-state index < -0.39 is 58.3 Å². The highest BCUT2D eigenvalue weighted by Crippen LogP contribution is 2.66. The minimum atomic E-state index is -6.06. The molecule has 10 rings (SSSR count). The summed E-state index contributed by atoms with van der Waals surface area (Å²) in [6, 6.07) is 22.2. The van der Waals surface area contributed by atoms with Gasteiger partial charge in [-0.2, -0.15) is 52.7 Å². The molecule has 8 aromatic heterocycles. The molecule has 0 atom stereocenters. The number of halogens is 18. The van der Waals surface area contributed by atoms with Crippen molar-refractivity contribution in [1.82, 2.24) is 0 Å². The number of allylic oxidation sites excluding steroid dienone is 4. The molecule has 2 aliphatic carbocycles. The number of hydrogen-bond donors (Lipinski definition) is 0. The average Bonchev–Trinajstić information content (AvgIpc) is 4.15. The van der Waals surface area contributed by atoms with Crippen LogP contribution in [0.25, 0.3) is 40.4 Å². The molecule has 0 nitrogen and oxygen atoms in total. The number of thiophene rings is 8. The van der Waals surface area contributed by atoms with Crippen molar-refractivity contribution in [1.29, 1.82) is 0 Å². The third kappa shape index (κ3) is 11.6. The first kappa shape index (κ1) is 59.3. The summed E-state index contributed by atoms with van der Waals surface area (Å²) in [4.78, 5) is 8.58. The zero-order chi connectivity index (χ0) is 53.5. The maximum Gasteiger partial charge on any atom is 0.385 e. The second kappa shape index (κ2) is 22.9. The molecule has 26 heteroatoms. The molecular weight excluding hydrogens is 1390 g/mol. The van der Waals surface area contributed by atoms with Crippen LogP contribution in [0.5, 0.6) is 0 Å². The summed E-state index contributed by atoms with van der Waals surface area (Å²) in [6.45, 7) is 7.19. The van der Waals surface area contributed by atoms with Gasteiger partial charge in [0.25, 0.3) is 0 Å². The Kier molecular flexibility index (Phi) is 18.9. The van der Waals surface area contributed by atoms with Crippen molar-refractivity contribution in [2.75, 3.05) is 0 Å². The highest BCUT2D eigenvalue weighted by molar-refractivity contribution is 9.11. The molecule has 386 valence electrons. The van der Waals surface area contributed by atoms with Crippen molar-refractivity contribution >= 4 is 166 Å². The van der Waals surface area contributed by atoms with Gasteiger partial charge in [0.1, 0.15) is 0 Å². The first-order valence-corrected chi connectivity index (χ1v) is 29.6. The lowest BCUT2D eigenvalue weighted by Gasteiger charge is -2.25. The second-order valence-corrected chi connectivity index (χ2v) is 28.1. The number of rotatable bonds is 5. The Morgan fingerprint density at radius 3 is 0.931 bits per heavy atom. The number of aryl methyl sites for hydroxylation is 4. The minimum absolute atomic E-state index is 0.261. The summed E-state index contributed by atoms with van der Waals surface area (Å²) in [5.41, 5.74) is -3.09. The Hall–Kier alpha value is -1.98. The van der Waals surface area contributed by atoms with Crippen molar-refractivity contribution in [2.45, 2.75) is 63.2 Å². The Morgan fingerprint density at radius 1 is 0.361 bits per heavy atom. The largest absolute Gasteiger partial charge is 0.385 e. The Morgan fingerprint density at radius 2 is 0.694 bits per heavy atom. The summed E-state index contributed by atoms with van der Waals surface area (Å²) in [5, 5.41) is 7.73. The molecule has 0 unspecified atom stereocenters. The zero-order valence-electron chi connectivity index (χ0n) is 36.3. The van der Waals surface area contributed by atoms with Crippen LogP contribution < -0.4 is 0 Å². The van der Waals surface area contributed by atoms with E-state index in [0.717, 1.165) is 32.4 Å². The van der Waals surface area contributed by atoms with Gasteiger partial charge in [-0.15, -0.1) is 90.7 Å². The summed E-state index contributed by atoms with van der Waals surface area (Å²) in [6.07, 6.45) is 0. The maximum atomic E-state index is 15.2. The van der Waals surface area contributed by atoms with Crippen molar-refractivity contribution in [3.8, 4) is 29.3 Å². The fourth-order valence-electron chi connectivity index (χ4n) is 6.41. The summed E-state index contributed by atoms with van der Waals surface area (Å²) >= 11 is 25.6. The van der Waals surface area contributed by atoms with Crippen LogP contribution in [0.4, 0.5) is 61.5 Å². The standard InChI is InChI=1S/C23H14F6S4.C9H7BrS2.C5H4Br2S.C5F8.C4H3BrS/c1-11-13(9-17(32-11)15-5-3-7-30-15)19-20(22(26,27)23(28,29)21(19,24)25)14-10-18(33-12(14)2)16-6-4-8-31-16;1-6-7(10)5-9(12-6)8-3-2-4-11-8;1-3-4(6)2-5(7)8-3;6-1-2(7)4(10,11)5(12,13)3(1,8)9;5-4-2-1-3-6-4/h3-10H,1-2H3;2-5H,1H3;2H,1H3;;1-3H. The Bertz CT molecular complexity index is 2990. The zero-order valence-corrected chi connectivity index (χ0v) is 49.2. The van der Waals surface area contributed by atoms with Crippen LogP contribution in [0.15, 0.2) is 122 Å². The summed E-state index contributed by atoms with van der Waals surface area (Å²) in [7, 11) is 0. The van der Waals surface area contributed by atoms with Crippen molar-refractivity contribution in [3.05, 3.63) is 153 Å². The molecule has 8 heterocycles. The second-order valence-electron chi connectivity index (χ2n) is 14.8. The van der Waals surface area contributed by atoms with Gasteiger partial charge in [-0.05, 0) is 173 Å². The van der Waals surface area contributed by atoms with Crippen LogP contribution in [-0.4, -0.2) is 35.5 Å². The summed E-state index contributed by atoms with van der Waals surface area (Å²) in [5.74, 6) is -40.1. The normalized spacial score (nSPS) is 17.6. The van der Waals surface area contributed by atoms with E-state index in [4.69, 9.17) is 0 Å². The van der Waals surface area contributed by atoms with Crippen LogP contribution in [0, 0.1) is 27.7 Å². The lowest BCUT2D eigenvalue weighted by molar-refractivity contribution is -0.271. The van der Waals surface area contributed by atoms with Gasteiger partial charge in [0.05, 0.1) is 7.57 Å². The molecule has 8 aromatic rings. The lowest BCUT2D eigenvalue weighted by atomic mass is 9.95. The van der Waals surface area contributed by atoms with Crippen LogP contribution in [0.3, 0.4) is 0 Å². The Labute approximate surface area is 467 Å². The van der Waals surface area contributed by atoms with Crippen LogP contribution in [-0.2, 0) is 0 Å². The molecule has 2 aliphatic rings. The molecule has 0 saturated heterocycles. The lowest BCUT2D eigenvalue weighted by Crippen LogP contribution is -2.48. The van der Waals surface area contributed by atoms with Gasteiger partial charge in [-0.25, -0.2) is 8.78 Å². The summed E-state index contributed by atoms with van der Waals surface area (Å²) < 4.78 is 190. The molecule has 0 spiro atoms. The molecule has 0 radical (unpaired) electrons. The van der Waals surface area contributed by atoms with Gasteiger partial charge >= 0.3 is 35.5 Å². The monoisotopic (exact) mass is 1420 g/mol. The van der Waals surface area contributed by atoms with E-state index in [-0.39, 0.29) is 20.9 Å². The highest BCUT2D eigenvalue weighted by atomic mass is 79.9. The Balaban J connectivity index is 0.000000176. The topological polar surface area (TPSA) is 0 Å². The first-order chi connectivity index (χ1) is 33.4. The van der Waals surface area contributed by atoms with E-state index in [1.807, 2.05) is 28.8 Å². The van der Waals surface area contributed by atoms with E-state index in [1.54, 1.807) is 69.0 Å². The first-order valence-electron chi connectivity index (χ1n) is 19.7. The van der Waals surface area contributed by atoms with E-state index >= 15 is 17.6 Å². The number of hydrogen-bond acceptors (Lipinski definition) is 8. The van der Waals surface area contributed by atoms with E-state index in [9.17, 15) is 43.9 Å². The molecule has 0 bridgehead atoms. The molecule has 72 heavy (non-hydrogen) atoms. The molecule has 0 aliphatic heterocycles. The van der Waals surface area contributed by atoms with Gasteiger partial charge < -0.3 is 0 Å². The quantitative estimate of drug-likeness (QED) is 0.151. The van der Waals surface area contributed by atoms with E-state index in [0.29, 0.717) is 9.75 Å². The molecular formula is C46H28Br4F14S8. The molecule has 0 fully saturated rings. The van der Waals surface area contributed by atoms with Crippen molar-refractivity contribution in [3.63, 3.8) is 0 Å². The average molecular weight is 1420 g/mol. The van der Waals surface area contributed by atoms with Gasteiger partial charge in [-0.3, -0.25) is 0 Å². The van der Waals surface area contributed by atoms with Crippen LogP contribution in [0.2, 0.25) is 0 Å². The smallest absolute Gasteiger partial charge is 0.202 e. The maximum absolute atomic E-state index is 15.2. The molecule has 0 N–H and O–H groups in total. The molecule has 0 amide bonds. The van der Waals surface area contributed by atoms with Gasteiger partial charge in [0, 0.05) is 68.9 Å².